The fourth-order valence-electron chi connectivity index (χ4n) is 1.78. The molecule has 0 bridgehead atoms. The van der Waals surface area contributed by atoms with Crippen molar-refractivity contribution in [3.63, 3.8) is 0 Å². The first-order valence-electron chi connectivity index (χ1n) is 6.12. The number of nitrogens with zero attached hydrogens (tertiary/aromatic N) is 2. The Hall–Kier alpha value is -1.21. The number of hydrogen-bond donors (Lipinski definition) is 2. The van der Waals surface area contributed by atoms with Gasteiger partial charge in [0.25, 0.3) is 0 Å². The third kappa shape index (κ3) is 4.38. The molecule has 2 rings (SSSR count). The van der Waals surface area contributed by atoms with Gasteiger partial charge in [0.1, 0.15) is 11.0 Å². The zero-order chi connectivity index (χ0) is 15.4. The average molecular weight is 346 g/mol. The maximum atomic E-state index is 11.4. The van der Waals surface area contributed by atoms with Gasteiger partial charge < -0.3 is 5.11 Å². The summed E-state index contributed by atoms with van der Waals surface area (Å²) in [6.45, 7) is 2.28. The normalized spacial score (nSPS) is 12.3. The molecule has 2 N–H and O–H groups in total. The van der Waals surface area contributed by atoms with E-state index >= 15 is 0 Å². The summed E-state index contributed by atoms with van der Waals surface area (Å²) in [5, 5.41) is 15.8. The molecule has 1 atom stereocenters. The van der Waals surface area contributed by atoms with Crippen LogP contribution < -0.4 is 5.32 Å². The van der Waals surface area contributed by atoms with Gasteiger partial charge in [-0.05, 0) is 12.5 Å². The molecule has 0 radical (unpaired) electrons. The molecular weight excluding hydrogens is 333 g/mol. The van der Waals surface area contributed by atoms with Crippen molar-refractivity contribution >= 4 is 40.5 Å². The SMILES string of the molecule is Cc1csc(CNC(Cc2c(Cl)cncc2Cl)C(=O)O)n1. The molecular formula is C13H13Cl2N3O2S. The van der Waals surface area contributed by atoms with Gasteiger partial charge in [-0.2, -0.15) is 0 Å². The number of hydrogen-bond acceptors (Lipinski definition) is 5. The highest BCUT2D eigenvalue weighted by Gasteiger charge is 2.21. The fraction of sp³-hybridized carbons (Fsp3) is 0.308. The number of aromatic nitrogens is 2. The van der Waals surface area contributed by atoms with Crippen molar-refractivity contribution in [3.8, 4) is 0 Å². The molecule has 21 heavy (non-hydrogen) atoms. The first-order valence-corrected chi connectivity index (χ1v) is 7.76. The van der Waals surface area contributed by atoms with Crippen LogP contribution in [0.5, 0.6) is 0 Å². The molecule has 0 saturated heterocycles. The number of carbonyl (C=O) groups is 1. The van der Waals surface area contributed by atoms with Gasteiger partial charge in [0.05, 0.1) is 10.0 Å². The average Bonchev–Trinajstić information content (AvgIpc) is 2.83. The molecule has 2 aromatic heterocycles. The molecule has 0 aliphatic carbocycles. The first-order chi connectivity index (χ1) is 9.97. The lowest BCUT2D eigenvalue weighted by Crippen LogP contribution is -2.38. The number of pyridine rings is 1. The van der Waals surface area contributed by atoms with Crippen LogP contribution in [-0.2, 0) is 17.8 Å². The van der Waals surface area contributed by atoms with Gasteiger partial charge in [0.2, 0.25) is 0 Å². The Labute approximate surface area is 136 Å². The van der Waals surface area contributed by atoms with Gasteiger partial charge >= 0.3 is 5.97 Å². The Kier molecular flexibility index (Phi) is 5.52. The number of aryl methyl sites for hydroxylation is 1. The van der Waals surface area contributed by atoms with Crippen LogP contribution in [0.2, 0.25) is 10.0 Å². The van der Waals surface area contributed by atoms with Crippen molar-refractivity contribution in [2.75, 3.05) is 0 Å². The molecule has 0 spiro atoms. The van der Waals surface area contributed by atoms with E-state index in [0.29, 0.717) is 22.2 Å². The van der Waals surface area contributed by atoms with E-state index in [1.807, 2.05) is 12.3 Å². The van der Waals surface area contributed by atoms with Crippen molar-refractivity contribution in [1.29, 1.82) is 0 Å². The highest BCUT2D eigenvalue weighted by molar-refractivity contribution is 7.09. The third-order valence-corrected chi connectivity index (χ3v) is 4.44. The van der Waals surface area contributed by atoms with Crippen LogP contribution in [-0.4, -0.2) is 27.1 Å². The number of rotatable bonds is 6. The molecule has 0 saturated carbocycles. The number of halogens is 2. The second kappa shape index (κ2) is 7.17. The number of carboxylic acid groups (broad SMARTS) is 1. The second-order valence-electron chi connectivity index (χ2n) is 4.44. The van der Waals surface area contributed by atoms with Crippen LogP contribution in [0.15, 0.2) is 17.8 Å². The number of thiazole rings is 1. The van der Waals surface area contributed by atoms with Gasteiger partial charge in [-0.3, -0.25) is 15.1 Å². The predicted molar refractivity (Wildman–Crippen MR) is 83.1 cm³/mol. The monoisotopic (exact) mass is 345 g/mol. The van der Waals surface area contributed by atoms with E-state index in [4.69, 9.17) is 23.2 Å². The zero-order valence-corrected chi connectivity index (χ0v) is 13.5. The third-order valence-electron chi connectivity index (χ3n) is 2.82. The quantitative estimate of drug-likeness (QED) is 0.841. The van der Waals surface area contributed by atoms with E-state index in [2.05, 4.69) is 15.3 Å². The molecule has 112 valence electrons. The molecule has 5 nitrogen and oxygen atoms in total. The van der Waals surface area contributed by atoms with Crippen LogP contribution in [0.3, 0.4) is 0 Å². The molecule has 0 aliphatic rings. The van der Waals surface area contributed by atoms with Crippen molar-refractivity contribution < 1.29 is 9.90 Å². The highest BCUT2D eigenvalue weighted by Crippen LogP contribution is 2.24. The second-order valence-corrected chi connectivity index (χ2v) is 6.20. The zero-order valence-electron chi connectivity index (χ0n) is 11.1. The van der Waals surface area contributed by atoms with Gasteiger partial charge in [0, 0.05) is 36.4 Å². The summed E-state index contributed by atoms with van der Waals surface area (Å²) in [7, 11) is 0. The Morgan fingerprint density at radius 3 is 2.62 bits per heavy atom. The lowest BCUT2D eigenvalue weighted by molar-refractivity contribution is -0.139. The van der Waals surface area contributed by atoms with E-state index in [-0.39, 0.29) is 6.42 Å². The van der Waals surface area contributed by atoms with Crippen LogP contribution in [0.1, 0.15) is 16.3 Å². The summed E-state index contributed by atoms with van der Waals surface area (Å²) in [4.78, 5) is 19.5. The predicted octanol–water partition coefficient (Wildman–Crippen LogP) is 2.94. The van der Waals surface area contributed by atoms with Gasteiger partial charge in [-0.25, -0.2) is 4.98 Å². The Balaban J connectivity index is 2.07. The van der Waals surface area contributed by atoms with Crippen molar-refractivity contribution in [1.82, 2.24) is 15.3 Å². The van der Waals surface area contributed by atoms with E-state index in [0.717, 1.165) is 10.7 Å². The van der Waals surface area contributed by atoms with E-state index in [1.165, 1.54) is 23.7 Å². The first kappa shape index (κ1) is 16.2. The largest absolute Gasteiger partial charge is 0.480 e. The summed E-state index contributed by atoms with van der Waals surface area (Å²) in [6, 6.07) is -0.799. The summed E-state index contributed by atoms with van der Waals surface area (Å²) < 4.78 is 0. The molecule has 2 heterocycles. The number of aliphatic carboxylic acids is 1. The van der Waals surface area contributed by atoms with Crippen LogP contribution >= 0.6 is 34.5 Å². The van der Waals surface area contributed by atoms with Crippen LogP contribution in [0, 0.1) is 6.92 Å². The van der Waals surface area contributed by atoms with E-state index < -0.39 is 12.0 Å². The van der Waals surface area contributed by atoms with Crippen molar-refractivity contribution in [2.24, 2.45) is 0 Å². The summed E-state index contributed by atoms with van der Waals surface area (Å²) in [5.74, 6) is -0.966. The minimum absolute atomic E-state index is 0.180. The number of nitrogens with one attached hydrogen (secondary N) is 1. The van der Waals surface area contributed by atoms with Crippen LogP contribution in [0.4, 0.5) is 0 Å². The maximum Gasteiger partial charge on any atom is 0.321 e. The minimum Gasteiger partial charge on any atom is -0.480 e. The molecule has 8 heteroatoms. The topological polar surface area (TPSA) is 75.1 Å². The van der Waals surface area contributed by atoms with E-state index in [9.17, 15) is 9.90 Å². The van der Waals surface area contributed by atoms with Gasteiger partial charge in [0.15, 0.2) is 0 Å². The smallest absolute Gasteiger partial charge is 0.321 e. The molecule has 0 aliphatic heterocycles. The molecule has 0 fully saturated rings. The summed E-state index contributed by atoms with van der Waals surface area (Å²) >= 11 is 13.5. The van der Waals surface area contributed by atoms with Gasteiger partial charge in [-0.15, -0.1) is 11.3 Å². The van der Waals surface area contributed by atoms with Gasteiger partial charge in [-0.1, -0.05) is 23.2 Å². The lowest BCUT2D eigenvalue weighted by Gasteiger charge is -2.15. The van der Waals surface area contributed by atoms with E-state index in [1.54, 1.807) is 0 Å². The maximum absolute atomic E-state index is 11.4. The molecule has 1 unspecified atom stereocenters. The lowest BCUT2D eigenvalue weighted by atomic mass is 10.1. The molecule has 0 amide bonds. The Morgan fingerprint density at radius 1 is 1.43 bits per heavy atom. The van der Waals surface area contributed by atoms with Crippen LogP contribution in [0.25, 0.3) is 0 Å². The summed E-state index contributed by atoms with van der Waals surface area (Å²) in [6.07, 6.45) is 3.08. The summed E-state index contributed by atoms with van der Waals surface area (Å²) in [5.41, 5.74) is 1.49. The molecule has 0 aromatic carbocycles. The Bertz CT molecular complexity index is 628. The standard InChI is InChI=1S/C13H13Cl2N3O2S/c1-7-6-21-12(18-7)5-17-11(13(19)20)2-8-9(14)3-16-4-10(8)15/h3-4,6,11,17H,2,5H2,1H3,(H,19,20). The highest BCUT2D eigenvalue weighted by atomic mass is 35.5. The fourth-order valence-corrected chi connectivity index (χ4v) is 3.02. The van der Waals surface area contributed by atoms with Crippen molar-refractivity contribution in [2.45, 2.75) is 25.9 Å². The Morgan fingerprint density at radius 2 is 2.10 bits per heavy atom. The van der Waals surface area contributed by atoms with Crippen molar-refractivity contribution in [3.05, 3.63) is 44.1 Å². The molecule has 2 aromatic rings. The number of carboxylic acids is 1. The minimum atomic E-state index is -0.966.